The molecule has 102 valence electrons. The Bertz CT molecular complexity index is 354. The van der Waals surface area contributed by atoms with Crippen LogP contribution in [0, 0.1) is 5.92 Å². The van der Waals surface area contributed by atoms with Crippen molar-refractivity contribution >= 4 is 17.4 Å². The third kappa shape index (κ3) is 4.42. The monoisotopic (exact) mass is 271 g/mol. The number of aromatic nitrogens is 2. The Kier molecular flexibility index (Phi) is 6.98. The van der Waals surface area contributed by atoms with E-state index in [1.165, 1.54) is 6.33 Å². The topological polar surface area (TPSA) is 58.0 Å². The summed E-state index contributed by atoms with van der Waals surface area (Å²) in [7, 11) is 0. The molecule has 18 heavy (non-hydrogen) atoms. The van der Waals surface area contributed by atoms with Crippen molar-refractivity contribution in [3.05, 3.63) is 17.0 Å². The number of nitrogens with one attached hydrogen (secondary N) is 1. The van der Waals surface area contributed by atoms with E-state index in [0.717, 1.165) is 43.6 Å². The first-order valence-electron chi connectivity index (χ1n) is 6.56. The third-order valence-corrected chi connectivity index (χ3v) is 3.36. The summed E-state index contributed by atoms with van der Waals surface area (Å²) < 4.78 is 0. The summed E-state index contributed by atoms with van der Waals surface area (Å²) in [6.45, 7) is 5.24. The van der Waals surface area contributed by atoms with E-state index in [1.54, 1.807) is 0 Å². The molecule has 0 aliphatic carbocycles. The van der Waals surface area contributed by atoms with Crippen LogP contribution in [0.25, 0.3) is 0 Å². The first-order chi connectivity index (χ1) is 8.72. The van der Waals surface area contributed by atoms with Gasteiger partial charge in [-0.05, 0) is 25.2 Å². The highest BCUT2D eigenvalue weighted by Gasteiger charge is 2.11. The predicted octanol–water partition coefficient (Wildman–Crippen LogP) is 2.90. The normalized spacial score (nSPS) is 12.4. The molecule has 0 bridgehead atoms. The van der Waals surface area contributed by atoms with Crippen LogP contribution >= 0.6 is 11.6 Å². The van der Waals surface area contributed by atoms with E-state index >= 15 is 0 Å². The smallest absolute Gasteiger partial charge is 0.137 e. The molecule has 0 saturated heterocycles. The number of anilines is 1. The zero-order chi connectivity index (χ0) is 13.4. The van der Waals surface area contributed by atoms with Crippen LogP contribution in [-0.4, -0.2) is 28.2 Å². The number of hydrogen-bond donors (Lipinski definition) is 2. The molecule has 4 nitrogen and oxygen atoms in total. The Morgan fingerprint density at radius 1 is 1.33 bits per heavy atom. The molecule has 0 amide bonds. The highest BCUT2D eigenvalue weighted by Crippen LogP contribution is 2.21. The van der Waals surface area contributed by atoms with Gasteiger partial charge in [0, 0.05) is 18.7 Å². The molecule has 2 N–H and O–H groups in total. The van der Waals surface area contributed by atoms with E-state index < -0.39 is 0 Å². The lowest BCUT2D eigenvalue weighted by molar-refractivity contribution is 0.255. The molecule has 0 fully saturated rings. The lowest BCUT2D eigenvalue weighted by Gasteiger charge is -2.17. The predicted molar refractivity (Wildman–Crippen MR) is 75.0 cm³/mol. The Labute approximate surface area is 114 Å². The Morgan fingerprint density at radius 2 is 2.11 bits per heavy atom. The standard InChI is InChI=1S/C13H22ClN3O/c1-3-5-10(6-7-18)8-15-13-11(4-2)12(14)16-9-17-13/h9-10,18H,3-8H2,1-2H3,(H,15,16,17). The highest BCUT2D eigenvalue weighted by atomic mass is 35.5. The van der Waals surface area contributed by atoms with E-state index in [4.69, 9.17) is 16.7 Å². The Balaban J connectivity index is 2.63. The molecule has 1 aromatic heterocycles. The summed E-state index contributed by atoms with van der Waals surface area (Å²) in [4.78, 5) is 8.22. The van der Waals surface area contributed by atoms with Crippen molar-refractivity contribution < 1.29 is 5.11 Å². The highest BCUT2D eigenvalue weighted by molar-refractivity contribution is 6.30. The van der Waals surface area contributed by atoms with Crippen molar-refractivity contribution in [3.63, 3.8) is 0 Å². The number of aliphatic hydroxyl groups excluding tert-OH is 1. The fraction of sp³-hybridized carbons (Fsp3) is 0.692. The second kappa shape index (κ2) is 8.27. The minimum atomic E-state index is 0.234. The maximum absolute atomic E-state index is 9.03. The zero-order valence-corrected chi connectivity index (χ0v) is 11.9. The van der Waals surface area contributed by atoms with Gasteiger partial charge in [-0.2, -0.15) is 0 Å². The molecule has 1 rings (SSSR count). The molecule has 1 unspecified atom stereocenters. The van der Waals surface area contributed by atoms with E-state index in [-0.39, 0.29) is 6.61 Å². The van der Waals surface area contributed by atoms with Crippen LogP contribution in [0.2, 0.25) is 5.15 Å². The van der Waals surface area contributed by atoms with Gasteiger partial charge in [0.05, 0.1) is 0 Å². The molecule has 1 aromatic rings. The van der Waals surface area contributed by atoms with Gasteiger partial charge in [0.25, 0.3) is 0 Å². The molecule has 1 atom stereocenters. The van der Waals surface area contributed by atoms with Crippen LogP contribution in [0.4, 0.5) is 5.82 Å². The van der Waals surface area contributed by atoms with Crippen molar-refractivity contribution in [2.45, 2.75) is 39.5 Å². The van der Waals surface area contributed by atoms with Gasteiger partial charge < -0.3 is 10.4 Å². The minimum absolute atomic E-state index is 0.234. The Morgan fingerprint density at radius 3 is 2.72 bits per heavy atom. The van der Waals surface area contributed by atoms with Crippen LogP contribution in [0.5, 0.6) is 0 Å². The molecule has 5 heteroatoms. The summed E-state index contributed by atoms with van der Waals surface area (Å²) in [6.07, 6.45) is 5.33. The molecular weight excluding hydrogens is 250 g/mol. The molecule has 0 aromatic carbocycles. The van der Waals surface area contributed by atoms with E-state index in [0.29, 0.717) is 11.1 Å². The summed E-state index contributed by atoms with van der Waals surface area (Å²) in [5.74, 6) is 1.29. The summed E-state index contributed by atoms with van der Waals surface area (Å²) >= 11 is 6.04. The van der Waals surface area contributed by atoms with Crippen molar-refractivity contribution in [2.75, 3.05) is 18.5 Å². The number of rotatable bonds is 8. The maximum atomic E-state index is 9.03. The first kappa shape index (κ1) is 15.2. The van der Waals surface area contributed by atoms with Gasteiger partial charge >= 0.3 is 0 Å². The van der Waals surface area contributed by atoms with Crippen LogP contribution in [0.3, 0.4) is 0 Å². The lowest BCUT2D eigenvalue weighted by Crippen LogP contribution is -2.17. The molecule has 0 aliphatic rings. The Hall–Kier alpha value is -0.870. The molecule has 0 radical (unpaired) electrons. The number of halogens is 1. The molecular formula is C13H22ClN3O. The summed E-state index contributed by atoms with van der Waals surface area (Å²) in [5, 5.41) is 12.9. The second-order valence-electron chi connectivity index (χ2n) is 4.39. The molecule has 0 aliphatic heterocycles. The van der Waals surface area contributed by atoms with E-state index in [2.05, 4.69) is 22.2 Å². The van der Waals surface area contributed by atoms with Crippen molar-refractivity contribution in [1.82, 2.24) is 9.97 Å². The zero-order valence-electron chi connectivity index (χ0n) is 11.1. The van der Waals surface area contributed by atoms with Crippen molar-refractivity contribution in [3.8, 4) is 0 Å². The number of hydrogen-bond acceptors (Lipinski definition) is 4. The van der Waals surface area contributed by atoms with Crippen LogP contribution in [0.15, 0.2) is 6.33 Å². The molecule has 0 spiro atoms. The third-order valence-electron chi connectivity index (χ3n) is 3.04. The van der Waals surface area contributed by atoms with Crippen LogP contribution in [0.1, 0.15) is 38.7 Å². The summed E-state index contributed by atoms with van der Waals surface area (Å²) in [6, 6.07) is 0. The lowest BCUT2D eigenvalue weighted by atomic mass is 10.0. The van der Waals surface area contributed by atoms with Gasteiger partial charge in [-0.15, -0.1) is 0 Å². The first-order valence-corrected chi connectivity index (χ1v) is 6.94. The maximum Gasteiger partial charge on any atom is 0.137 e. The van der Waals surface area contributed by atoms with E-state index in [9.17, 15) is 0 Å². The second-order valence-corrected chi connectivity index (χ2v) is 4.75. The van der Waals surface area contributed by atoms with Crippen molar-refractivity contribution in [2.24, 2.45) is 5.92 Å². The average Bonchev–Trinajstić information content (AvgIpc) is 2.36. The van der Waals surface area contributed by atoms with Crippen molar-refractivity contribution in [1.29, 1.82) is 0 Å². The minimum Gasteiger partial charge on any atom is -0.396 e. The van der Waals surface area contributed by atoms with Crippen LogP contribution in [-0.2, 0) is 6.42 Å². The van der Waals surface area contributed by atoms with Gasteiger partial charge in [-0.1, -0.05) is 31.9 Å². The SMILES string of the molecule is CCCC(CCO)CNc1ncnc(Cl)c1CC. The fourth-order valence-corrected chi connectivity index (χ4v) is 2.30. The molecule has 1 heterocycles. The van der Waals surface area contributed by atoms with E-state index in [1.807, 2.05) is 6.92 Å². The van der Waals surface area contributed by atoms with Gasteiger partial charge in [0.15, 0.2) is 0 Å². The molecule has 0 saturated carbocycles. The van der Waals surface area contributed by atoms with Gasteiger partial charge in [0.2, 0.25) is 0 Å². The summed E-state index contributed by atoms with van der Waals surface area (Å²) in [5.41, 5.74) is 0.957. The van der Waals surface area contributed by atoms with Gasteiger partial charge in [-0.3, -0.25) is 0 Å². The fourth-order valence-electron chi connectivity index (χ4n) is 2.04. The average molecular weight is 272 g/mol. The quantitative estimate of drug-likeness (QED) is 0.714. The number of aliphatic hydroxyl groups is 1. The van der Waals surface area contributed by atoms with Gasteiger partial charge in [0.1, 0.15) is 17.3 Å². The number of nitrogens with zero attached hydrogens (tertiary/aromatic N) is 2. The largest absolute Gasteiger partial charge is 0.396 e. The van der Waals surface area contributed by atoms with Crippen LogP contribution < -0.4 is 5.32 Å². The van der Waals surface area contributed by atoms with Gasteiger partial charge in [-0.25, -0.2) is 9.97 Å².